The van der Waals surface area contributed by atoms with Crippen LogP contribution in [0.4, 0.5) is 0 Å². The lowest BCUT2D eigenvalue weighted by Gasteiger charge is -2.32. The predicted molar refractivity (Wildman–Crippen MR) is 93.1 cm³/mol. The zero-order valence-electron chi connectivity index (χ0n) is 14.4. The van der Waals surface area contributed by atoms with E-state index in [1.165, 1.54) is 0 Å². The summed E-state index contributed by atoms with van der Waals surface area (Å²) in [5.74, 6) is 1.24. The molecule has 0 N–H and O–H groups in total. The highest BCUT2D eigenvalue weighted by Gasteiger charge is 2.25. The van der Waals surface area contributed by atoms with E-state index < -0.39 is 0 Å². The van der Waals surface area contributed by atoms with Gasteiger partial charge in [0.05, 0.1) is 13.2 Å². The summed E-state index contributed by atoms with van der Waals surface area (Å²) in [5.41, 5.74) is 1.06. The minimum Gasteiger partial charge on any atom is -0.472 e. The van der Waals surface area contributed by atoms with E-state index in [2.05, 4.69) is 9.97 Å². The van der Waals surface area contributed by atoms with E-state index >= 15 is 0 Å². The van der Waals surface area contributed by atoms with Crippen molar-refractivity contribution in [2.75, 3.05) is 19.7 Å². The molecule has 1 aromatic carbocycles. The van der Waals surface area contributed by atoms with Gasteiger partial charge in [0.15, 0.2) is 0 Å². The van der Waals surface area contributed by atoms with Crippen molar-refractivity contribution in [1.82, 2.24) is 14.9 Å². The normalized spacial score (nSPS) is 17.3. The quantitative estimate of drug-likeness (QED) is 0.807. The van der Waals surface area contributed by atoms with Gasteiger partial charge in [0.1, 0.15) is 18.5 Å². The third kappa shape index (κ3) is 5.26. The SMILES string of the molecule is Cc1nccc(OC2CCCN(C(=O)COCc3ccccc3)C2)n1. The first-order valence-corrected chi connectivity index (χ1v) is 8.56. The van der Waals surface area contributed by atoms with Crippen LogP contribution in [-0.4, -0.2) is 46.6 Å². The number of carbonyl (C=O) groups excluding carboxylic acids is 1. The average molecular weight is 341 g/mol. The fraction of sp³-hybridized carbons (Fsp3) is 0.421. The summed E-state index contributed by atoms with van der Waals surface area (Å²) in [5, 5.41) is 0. The van der Waals surface area contributed by atoms with Crippen LogP contribution in [0.15, 0.2) is 42.6 Å². The predicted octanol–water partition coefficient (Wildman–Crippen LogP) is 2.37. The Morgan fingerprint density at radius 3 is 2.92 bits per heavy atom. The van der Waals surface area contributed by atoms with Gasteiger partial charge in [0.2, 0.25) is 11.8 Å². The molecule has 0 aliphatic carbocycles. The second kappa shape index (κ2) is 8.58. The zero-order chi connectivity index (χ0) is 17.5. The molecule has 6 heteroatoms. The summed E-state index contributed by atoms with van der Waals surface area (Å²) >= 11 is 0. The van der Waals surface area contributed by atoms with Crippen molar-refractivity contribution in [2.45, 2.75) is 32.5 Å². The second-order valence-electron chi connectivity index (χ2n) is 6.14. The van der Waals surface area contributed by atoms with Crippen molar-refractivity contribution in [2.24, 2.45) is 0 Å². The van der Waals surface area contributed by atoms with E-state index in [0.717, 1.165) is 24.9 Å². The summed E-state index contributed by atoms with van der Waals surface area (Å²) in [6.45, 7) is 3.68. The number of rotatable bonds is 6. The molecule has 0 radical (unpaired) electrons. The van der Waals surface area contributed by atoms with Crippen molar-refractivity contribution in [1.29, 1.82) is 0 Å². The highest BCUT2D eigenvalue weighted by molar-refractivity contribution is 5.77. The van der Waals surface area contributed by atoms with E-state index in [0.29, 0.717) is 24.9 Å². The molecular weight excluding hydrogens is 318 g/mol. The van der Waals surface area contributed by atoms with Gasteiger partial charge in [-0.25, -0.2) is 4.98 Å². The molecular formula is C19H23N3O3. The Morgan fingerprint density at radius 1 is 1.28 bits per heavy atom. The first-order chi connectivity index (χ1) is 12.2. The van der Waals surface area contributed by atoms with Gasteiger partial charge >= 0.3 is 0 Å². The van der Waals surface area contributed by atoms with E-state index in [4.69, 9.17) is 9.47 Å². The Bertz CT molecular complexity index is 693. The van der Waals surface area contributed by atoms with Crippen molar-refractivity contribution in [3.8, 4) is 5.88 Å². The lowest BCUT2D eigenvalue weighted by atomic mass is 10.1. The minimum absolute atomic E-state index is 0.00287. The second-order valence-corrected chi connectivity index (χ2v) is 6.14. The summed E-state index contributed by atoms with van der Waals surface area (Å²) in [7, 11) is 0. The van der Waals surface area contributed by atoms with Gasteiger partial charge in [0, 0.05) is 18.8 Å². The Morgan fingerprint density at radius 2 is 2.12 bits per heavy atom. The maximum Gasteiger partial charge on any atom is 0.248 e. The smallest absolute Gasteiger partial charge is 0.248 e. The summed E-state index contributed by atoms with van der Waals surface area (Å²) in [6.07, 6.45) is 3.47. The van der Waals surface area contributed by atoms with E-state index in [1.807, 2.05) is 42.2 Å². The van der Waals surface area contributed by atoms with Crippen LogP contribution in [0.2, 0.25) is 0 Å². The fourth-order valence-electron chi connectivity index (χ4n) is 2.85. The molecule has 1 unspecified atom stereocenters. The standard InChI is InChI=1S/C19H23N3O3/c1-15-20-10-9-18(21-15)25-17-8-5-11-22(12-17)19(23)14-24-13-16-6-3-2-4-7-16/h2-4,6-7,9-10,17H,5,8,11-14H2,1H3. The zero-order valence-corrected chi connectivity index (χ0v) is 14.4. The number of benzene rings is 1. The van der Waals surface area contributed by atoms with Gasteiger partial charge in [-0.3, -0.25) is 4.79 Å². The molecule has 2 aromatic rings. The molecule has 3 rings (SSSR count). The van der Waals surface area contributed by atoms with E-state index in [-0.39, 0.29) is 18.6 Å². The maximum atomic E-state index is 12.4. The largest absolute Gasteiger partial charge is 0.472 e. The van der Waals surface area contributed by atoms with E-state index in [1.54, 1.807) is 12.3 Å². The Balaban J connectivity index is 1.46. The Labute approximate surface area is 147 Å². The van der Waals surface area contributed by atoms with Crippen LogP contribution in [0.1, 0.15) is 24.2 Å². The van der Waals surface area contributed by atoms with Gasteiger partial charge in [-0.1, -0.05) is 30.3 Å². The van der Waals surface area contributed by atoms with Crippen LogP contribution in [0, 0.1) is 6.92 Å². The molecule has 1 aliphatic heterocycles. The van der Waals surface area contributed by atoms with Gasteiger partial charge in [0.25, 0.3) is 0 Å². The number of hydrogen-bond donors (Lipinski definition) is 0. The third-order valence-electron chi connectivity index (χ3n) is 4.11. The number of piperidine rings is 1. The molecule has 1 amide bonds. The van der Waals surface area contributed by atoms with Crippen molar-refractivity contribution >= 4 is 5.91 Å². The van der Waals surface area contributed by atoms with Crippen molar-refractivity contribution < 1.29 is 14.3 Å². The maximum absolute atomic E-state index is 12.4. The molecule has 25 heavy (non-hydrogen) atoms. The first-order valence-electron chi connectivity index (χ1n) is 8.56. The molecule has 1 atom stereocenters. The molecule has 0 spiro atoms. The molecule has 0 bridgehead atoms. The van der Waals surface area contributed by atoms with Gasteiger partial charge in [-0.05, 0) is 25.3 Å². The molecule has 1 aromatic heterocycles. The number of amides is 1. The van der Waals surface area contributed by atoms with Gasteiger partial charge in [-0.2, -0.15) is 4.98 Å². The van der Waals surface area contributed by atoms with Crippen LogP contribution < -0.4 is 4.74 Å². The van der Waals surface area contributed by atoms with Crippen LogP contribution in [0.25, 0.3) is 0 Å². The summed E-state index contributed by atoms with van der Waals surface area (Å²) in [6, 6.07) is 11.6. The van der Waals surface area contributed by atoms with E-state index in [9.17, 15) is 4.79 Å². The van der Waals surface area contributed by atoms with Crippen LogP contribution in [0.3, 0.4) is 0 Å². The van der Waals surface area contributed by atoms with Gasteiger partial charge in [-0.15, -0.1) is 0 Å². The minimum atomic E-state index is -0.0406. The van der Waals surface area contributed by atoms with Crippen molar-refractivity contribution in [3.05, 3.63) is 54.0 Å². The molecule has 2 heterocycles. The lowest BCUT2D eigenvalue weighted by molar-refractivity contribution is -0.139. The Kier molecular flexibility index (Phi) is 5.95. The molecule has 1 aliphatic rings. The fourth-order valence-corrected chi connectivity index (χ4v) is 2.85. The third-order valence-corrected chi connectivity index (χ3v) is 4.11. The number of nitrogens with zero attached hydrogens (tertiary/aromatic N) is 3. The number of aryl methyl sites for hydroxylation is 1. The van der Waals surface area contributed by atoms with Crippen LogP contribution >= 0.6 is 0 Å². The summed E-state index contributed by atoms with van der Waals surface area (Å²) in [4.78, 5) is 22.5. The van der Waals surface area contributed by atoms with Crippen LogP contribution in [-0.2, 0) is 16.1 Å². The number of hydrogen-bond acceptors (Lipinski definition) is 5. The molecule has 132 valence electrons. The number of ether oxygens (including phenoxy) is 2. The molecule has 0 saturated carbocycles. The Hall–Kier alpha value is -2.47. The highest BCUT2D eigenvalue weighted by atomic mass is 16.5. The topological polar surface area (TPSA) is 64.5 Å². The monoisotopic (exact) mass is 341 g/mol. The number of likely N-dealkylation sites (tertiary alicyclic amines) is 1. The number of carbonyl (C=O) groups is 1. The first kappa shape index (κ1) is 17.4. The molecule has 6 nitrogen and oxygen atoms in total. The summed E-state index contributed by atoms with van der Waals surface area (Å²) < 4.78 is 11.5. The molecule has 1 saturated heterocycles. The van der Waals surface area contributed by atoms with Gasteiger partial charge < -0.3 is 14.4 Å². The van der Waals surface area contributed by atoms with Crippen LogP contribution in [0.5, 0.6) is 5.88 Å². The lowest BCUT2D eigenvalue weighted by Crippen LogP contribution is -2.45. The highest BCUT2D eigenvalue weighted by Crippen LogP contribution is 2.17. The number of aromatic nitrogens is 2. The van der Waals surface area contributed by atoms with Crippen molar-refractivity contribution in [3.63, 3.8) is 0 Å². The molecule has 1 fully saturated rings. The average Bonchev–Trinajstić information content (AvgIpc) is 2.63.